The van der Waals surface area contributed by atoms with Crippen LogP contribution in [0.1, 0.15) is 28.4 Å². The number of Topliss-reactive ketones (excluding diaryl/α,β-unsaturated/α-hetero) is 1. The standard InChI is InChI=1S/C17H26N2O2/c1-12(11-19-9-7-18-8-10-19)17(20)15-5-6-16(21-4)14(3)13(15)2/h5-6,12,18H,7-11H2,1-4H3. The average molecular weight is 290 g/mol. The van der Waals surface area contributed by atoms with Crippen LogP contribution in [0.3, 0.4) is 0 Å². The van der Waals surface area contributed by atoms with E-state index in [1.165, 1.54) is 0 Å². The first kappa shape index (κ1) is 16.0. The van der Waals surface area contributed by atoms with Crippen molar-refractivity contribution in [1.82, 2.24) is 10.2 Å². The molecule has 1 unspecified atom stereocenters. The predicted octanol–water partition coefficient (Wildman–Crippen LogP) is 2.04. The number of ketones is 1. The van der Waals surface area contributed by atoms with E-state index in [2.05, 4.69) is 10.2 Å². The number of nitrogens with one attached hydrogen (secondary N) is 1. The number of hydrogen-bond donors (Lipinski definition) is 1. The van der Waals surface area contributed by atoms with Gasteiger partial charge in [0.15, 0.2) is 5.78 Å². The molecule has 1 aliphatic heterocycles. The highest BCUT2D eigenvalue weighted by atomic mass is 16.5. The zero-order valence-corrected chi connectivity index (χ0v) is 13.5. The maximum absolute atomic E-state index is 12.7. The zero-order chi connectivity index (χ0) is 15.4. The molecule has 4 nitrogen and oxygen atoms in total. The number of benzene rings is 1. The number of carbonyl (C=O) groups is 1. The van der Waals surface area contributed by atoms with Crippen molar-refractivity contribution in [1.29, 1.82) is 0 Å². The van der Waals surface area contributed by atoms with Crippen LogP contribution >= 0.6 is 0 Å². The van der Waals surface area contributed by atoms with Crippen LogP contribution < -0.4 is 10.1 Å². The fourth-order valence-corrected chi connectivity index (χ4v) is 2.91. The third kappa shape index (κ3) is 3.63. The summed E-state index contributed by atoms with van der Waals surface area (Å²) in [6.07, 6.45) is 0. The maximum Gasteiger partial charge on any atom is 0.167 e. The Balaban J connectivity index is 2.10. The molecule has 1 aliphatic rings. The van der Waals surface area contributed by atoms with Gasteiger partial charge in [-0.15, -0.1) is 0 Å². The largest absolute Gasteiger partial charge is 0.496 e. The number of rotatable bonds is 5. The van der Waals surface area contributed by atoms with Crippen LogP contribution in [0.5, 0.6) is 5.75 Å². The molecule has 0 saturated carbocycles. The molecule has 1 saturated heterocycles. The highest BCUT2D eigenvalue weighted by molar-refractivity contribution is 5.99. The van der Waals surface area contributed by atoms with E-state index in [4.69, 9.17) is 4.74 Å². The average Bonchev–Trinajstić information content (AvgIpc) is 2.50. The molecule has 0 aliphatic carbocycles. The van der Waals surface area contributed by atoms with Crippen LogP contribution in [0, 0.1) is 19.8 Å². The first-order valence-corrected chi connectivity index (χ1v) is 7.66. The first-order chi connectivity index (χ1) is 10.0. The molecule has 1 N–H and O–H groups in total. The third-order valence-electron chi connectivity index (χ3n) is 4.41. The molecular weight excluding hydrogens is 264 g/mol. The van der Waals surface area contributed by atoms with Crippen molar-refractivity contribution < 1.29 is 9.53 Å². The minimum Gasteiger partial charge on any atom is -0.496 e. The van der Waals surface area contributed by atoms with Gasteiger partial charge in [-0.25, -0.2) is 0 Å². The van der Waals surface area contributed by atoms with Crippen LogP contribution in [0.25, 0.3) is 0 Å². The Bertz CT molecular complexity index is 508. The Morgan fingerprint density at radius 3 is 2.57 bits per heavy atom. The number of ether oxygens (including phenoxy) is 1. The molecule has 0 bridgehead atoms. The van der Waals surface area contributed by atoms with Crippen molar-refractivity contribution in [2.45, 2.75) is 20.8 Å². The van der Waals surface area contributed by atoms with Crippen molar-refractivity contribution in [3.8, 4) is 5.75 Å². The SMILES string of the molecule is COc1ccc(C(=O)C(C)CN2CCNCC2)c(C)c1C. The van der Waals surface area contributed by atoms with Crippen LogP contribution in [-0.4, -0.2) is 50.5 Å². The number of methoxy groups -OCH3 is 1. The van der Waals surface area contributed by atoms with Crippen LogP contribution in [-0.2, 0) is 0 Å². The fraction of sp³-hybridized carbons (Fsp3) is 0.588. The Morgan fingerprint density at radius 1 is 1.29 bits per heavy atom. The maximum atomic E-state index is 12.7. The lowest BCUT2D eigenvalue weighted by Gasteiger charge is -2.29. The van der Waals surface area contributed by atoms with Crippen molar-refractivity contribution in [3.63, 3.8) is 0 Å². The summed E-state index contributed by atoms with van der Waals surface area (Å²) in [4.78, 5) is 15.1. The summed E-state index contributed by atoms with van der Waals surface area (Å²) in [6, 6.07) is 3.80. The van der Waals surface area contributed by atoms with E-state index in [1.54, 1.807) is 7.11 Å². The van der Waals surface area contributed by atoms with E-state index in [0.717, 1.165) is 55.2 Å². The highest BCUT2D eigenvalue weighted by Gasteiger charge is 2.22. The van der Waals surface area contributed by atoms with Crippen LogP contribution in [0.15, 0.2) is 12.1 Å². The summed E-state index contributed by atoms with van der Waals surface area (Å²) in [5.41, 5.74) is 2.92. The van der Waals surface area contributed by atoms with Crippen molar-refractivity contribution in [3.05, 3.63) is 28.8 Å². The molecule has 0 radical (unpaired) electrons. The number of carbonyl (C=O) groups excluding carboxylic acids is 1. The van der Waals surface area contributed by atoms with Crippen LogP contribution in [0.4, 0.5) is 0 Å². The molecule has 1 aromatic rings. The van der Waals surface area contributed by atoms with E-state index < -0.39 is 0 Å². The molecular formula is C17H26N2O2. The normalized spacial score (nSPS) is 17.5. The second-order valence-electron chi connectivity index (χ2n) is 5.88. The summed E-state index contributed by atoms with van der Waals surface area (Å²) in [5.74, 6) is 1.10. The van der Waals surface area contributed by atoms with Gasteiger partial charge in [0.1, 0.15) is 5.75 Å². The predicted molar refractivity (Wildman–Crippen MR) is 85.3 cm³/mol. The van der Waals surface area contributed by atoms with Gasteiger partial charge in [-0.2, -0.15) is 0 Å². The summed E-state index contributed by atoms with van der Waals surface area (Å²) in [5, 5.41) is 3.34. The highest BCUT2D eigenvalue weighted by Crippen LogP contribution is 2.25. The molecule has 1 fully saturated rings. The lowest BCUT2D eigenvalue weighted by atomic mass is 9.92. The van der Waals surface area contributed by atoms with Crippen molar-refractivity contribution in [2.24, 2.45) is 5.92 Å². The quantitative estimate of drug-likeness (QED) is 0.843. The Labute approximate surface area is 127 Å². The summed E-state index contributed by atoms with van der Waals surface area (Å²) in [6.45, 7) is 11.0. The second-order valence-corrected chi connectivity index (χ2v) is 5.88. The Morgan fingerprint density at radius 2 is 1.95 bits per heavy atom. The smallest absolute Gasteiger partial charge is 0.167 e. The minimum atomic E-state index is 0.0228. The van der Waals surface area contributed by atoms with E-state index >= 15 is 0 Å². The third-order valence-corrected chi connectivity index (χ3v) is 4.41. The van der Waals surface area contributed by atoms with Crippen LogP contribution in [0.2, 0.25) is 0 Å². The molecule has 1 heterocycles. The molecule has 1 aromatic carbocycles. The molecule has 2 rings (SSSR count). The van der Waals surface area contributed by atoms with Gasteiger partial charge in [0.25, 0.3) is 0 Å². The van der Waals surface area contributed by atoms with Gasteiger partial charge < -0.3 is 15.0 Å². The van der Waals surface area contributed by atoms with Gasteiger partial charge in [-0.3, -0.25) is 4.79 Å². The first-order valence-electron chi connectivity index (χ1n) is 7.66. The van der Waals surface area contributed by atoms with Gasteiger partial charge in [0.05, 0.1) is 7.11 Å². The molecule has 0 spiro atoms. The second kappa shape index (κ2) is 7.05. The molecule has 4 heteroatoms. The number of nitrogens with zero attached hydrogens (tertiary/aromatic N) is 1. The van der Waals surface area contributed by atoms with Crippen molar-refractivity contribution >= 4 is 5.78 Å². The van der Waals surface area contributed by atoms with Gasteiger partial charge in [0, 0.05) is 44.2 Å². The lowest BCUT2D eigenvalue weighted by molar-refractivity contribution is 0.0886. The van der Waals surface area contributed by atoms with Gasteiger partial charge in [-0.05, 0) is 37.1 Å². The summed E-state index contributed by atoms with van der Waals surface area (Å²) in [7, 11) is 1.66. The van der Waals surface area contributed by atoms with E-state index in [0.29, 0.717) is 0 Å². The van der Waals surface area contributed by atoms with Gasteiger partial charge in [0.2, 0.25) is 0 Å². The summed E-state index contributed by atoms with van der Waals surface area (Å²) < 4.78 is 5.32. The zero-order valence-electron chi connectivity index (χ0n) is 13.5. The summed E-state index contributed by atoms with van der Waals surface area (Å²) >= 11 is 0. The molecule has 21 heavy (non-hydrogen) atoms. The van der Waals surface area contributed by atoms with Gasteiger partial charge >= 0.3 is 0 Å². The fourth-order valence-electron chi connectivity index (χ4n) is 2.91. The monoisotopic (exact) mass is 290 g/mol. The Hall–Kier alpha value is -1.39. The minimum absolute atomic E-state index is 0.0228. The molecule has 0 amide bonds. The molecule has 0 aromatic heterocycles. The molecule has 1 atom stereocenters. The Kier molecular flexibility index (Phi) is 5.37. The van der Waals surface area contributed by atoms with Gasteiger partial charge in [-0.1, -0.05) is 6.92 Å². The number of piperazine rings is 1. The molecule has 116 valence electrons. The van der Waals surface area contributed by atoms with E-state index in [9.17, 15) is 4.79 Å². The van der Waals surface area contributed by atoms with E-state index in [-0.39, 0.29) is 11.7 Å². The number of hydrogen-bond acceptors (Lipinski definition) is 4. The van der Waals surface area contributed by atoms with E-state index in [1.807, 2.05) is 32.9 Å². The topological polar surface area (TPSA) is 41.6 Å². The van der Waals surface area contributed by atoms with Crippen molar-refractivity contribution in [2.75, 3.05) is 39.8 Å². The lowest BCUT2D eigenvalue weighted by Crippen LogP contribution is -2.45.